The molecule has 1 atom stereocenters. The van der Waals surface area contributed by atoms with Gasteiger partial charge in [-0.3, -0.25) is 16.4 Å². The maximum absolute atomic E-state index is 8.69. The number of nitriles is 1. The van der Waals surface area contributed by atoms with Gasteiger partial charge in [-0.05, 0) is 60.5 Å². The molecule has 1 unspecified atom stereocenters. The second-order valence-electron chi connectivity index (χ2n) is 7.06. The van der Waals surface area contributed by atoms with Gasteiger partial charge in [-0.25, -0.2) is 0 Å². The molecule has 0 saturated carbocycles. The van der Waals surface area contributed by atoms with Gasteiger partial charge in [0.05, 0.1) is 10.0 Å². The molecule has 0 amide bonds. The molecule has 4 rings (SSSR count). The average molecular weight is 474 g/mol. The molecule has 0 saturated heterocycles. The van der Waals surface area contributed by atoms with Crippen molar-refractivity contribution in [1.29, 1.82) is 5.26 Å². The van der Waals surface area contributed by atoms with Crippen molar-refractivity contribution in [2.75, 3.05) is 11.9 Å². The second kappa shape index (κ2) is 9.23. The molecule has 6 nitrogen and oxygen atoms in total. The largest absolute Gasteiger partial charge is 0.355 e. The normalized spacial score (nSPS) is 12.1. The molecule has 0 aliphatic rings. The Morgan fingerprint density at radius 2 is 1.81 bits per heavy atom. The first-order valence-corrected chi connectivity index (χ1v) is 10.7. The fourth-order valence-electron chi connectivity index (χ4n) is 3.54. The highest BCUT2D eigenvalue weighted by Gasteiger charge is 2.12. The van der Waals surface area contributed by atoms with E-state index in [0.717, 1.165) is 38.7 Å². The fraction of sp³-hybridized carbons (Fsp3) is 0.136. The summed E-state index contributed by atoms with van der Waals surface area (Å²) < 4.78 is 0. The number of hydrogen-bond acceptors (Lipinski definition) is 5. The van der Waals surface area contributed by atoms with Gasteiger partial charge in [-0.2, -0.15) is 5.26 Å². The van der Waals surface area contributed by atoms with Crippen LogP contribution in [0.4, 0.5) is 11.4 Å². The summed E-state index contributed by atoms with van der Waals surface area (Å²) >= 11 is 18.5. The molecule has 3 aromatic carbocycles. The van der Waals surface area contributed by atoms with Crippen LogP contribution >= 0.6 is 34.8 Å². The minimum atomic E-state index is -0.598. The minimum Gasteiger partial charge on any atom is -0.355 e. The van der Waals surface area contributed by atoms with Crippen molar-refractivity contribution in [2.24, 2.45) is 5.73 Å². The number of halogens is 3. The summed E-state index contributed by atoms with van der Waals surface area (Å²) in [6, 6.07) is 15.4. The van der Waals surface area contributed by atoms with E-state index in [9.17, 15) is 0 Å². The number of hydrogen-bond donors (Lipinski definition) is 5. The van der Waals surface area contributed by atoms with Gasteiger partial charge in [0.25, 0.3) is 0 Å². The monoisotopic (exact) mass is 472 g/mol. The van der Waals surface area contributed by atoms with Crippen molar-refractivity contribution < 1.29 is 0 Å². The van der Waals surface area contributed by atoms with Gasteiger partial charge < -0.3 is 10.3 Å². The van der Waals surface area contributed by atoms with Gasteiger partial charge in [0.2, 0.25) is 0 Å². The molecule has 1 heterocycles. The predicted octanol–water partition coefficient (Wildman–Crippen LogP) is 5.47. The van der Waals surface area contributed by atoms with E-state index in [4.69, 9.17) is 45.8 Å². The zero-order valence-corrected chi connectivity index (χ0v) is 18.5. The fourth-order valence-corrected chi connectivity index (χ4v) is 4.01. The molecule has 0 fully saturated rings. The summed E-state index contributed by atoms with van der Waals surface area (Å²) in [7, 11) is 0. The topological polar surface area (TPSA) is 102 Å². The molecule has 158 valence electrons. The van der Waals surface area contributed by atoms with Crippen LogP contribution in [-0.2, 0) is 6.42 Å². The Kier molecular flexibility index (Phi) is 6.42. The first-order valence-electron chi connectivity index (χ1n) is 9.54. The lowest BCUT2D eigenvalue weighted by Crippen LogP contribution is -2.47. The quantitative estimate of drug-likeness (QED) is 0.139. The summed E-state index contributed by atoms with van der Waals surface area (Å²) in [5.41, 5.74) is 10.6. The van der Waals surface area contributed by atoms with E-state index in [1.165, 1.54) is 0 Å². The summed E-state index contributed by atoms with van der Waals surface area (Å²) in [6.45, 7) is 0.581. The van der Waals surface area contributed by atoms with Crippen LogP contribution in [0.5, 0.6) is 0 Å². The maximum Gasteiger partial charge on any atom is 0.178 e. The van der Waals surface area contributed by atoms with Gasteiger partial charge in [-0.1, -0.05) is 34.8 Å². The van der Waals surface area contributed by atoms with E-state index in [0.29, 0.717) is 28.0 Å². The Balaban J connectivity index is 1.73. The van der Waals surface area contributed by atoms with Crippen molar-refractivity contribution in [3.8, 4) is 6.19 Å². The van der Waals surface area contributed by atoms with E-state index >= 15 is 0 Å². The van der Waals surface area contributed by atoms with Crippen LogP contribution in [-0.4, -0.2) is 17.8 Å². The molecule has 0 aliphatic heterocycles. The van der Waals surface area contributed by atoms with Crippen LogP contribution in [0.25, 0.3) is 21.8 Å². The van der Waals surface area contributed by atoms with Crippen LogP contribution < -0.4 is 21.7 Å². The Morgan fingerprint density at radius 1 is 0.968 bits per heavy atom. The van der Waals surface area contributed by atoms with Crippen LogP contribution in [0.2, 0.25) is 15.1 Å². The van der Waals surface area contributed by atoms with Crippen LogP contribution in [0.1, 0.15) is 5.56 Å². The number of nitrogens with zero attached hydrogens (tertiary/aromatic N) is 1. The molecule has 0 radical (unpaired) electrons. The lowest BCUT2D eigenvalue weighted by atomic mass is 10.0. The highest BCUT2D eigenvalue weighted by Crippen LogP contribution is 2.34. The van der Waals surface area contributed by atoms with E-state index in [-0.39, 0.29) is 0 Å². The average Bonchev–Trinajstić information content (AvgIpc) is 3.09. The minimum absolute atomic E-state index is 0.482. The molecule has 4 aromatic rings. The van der Waals surface area contributed by atoms with E-state index in [1.54, 1.807) is 12.1 Å². The van der Waals surface area contributed by atoms with Gasteiger partial charge >= 0.3 is 0 Å². The first-order chi connectivity index (χ1) is 14.9. The molecular formula is C22H19Cl3N6. The highest BCUT2D eigenvalue weighted by atomic mass is 35.5. The number of nitrogens with two attached hydrogens (primary N) is 1. The molecule has 1 aromatic heterocycles. The number of aromatic nitrogens is 1. The van der Waals surface area contributed by atoms with Crippen molar-refractivity contribution in [2.45, 2.75) is 12.7 Å². The molecule has 9 heteroatoms. The van der Waals surface area contributed by atoms with Gasteiger partial charge in [0.15, 0.2) is 6.19 Å². The zero-order valence-electron chi connectivity index (χ0n) is 16.3. The maximum atomic E-state index is 8.69. The summed E-state index contributed by atoms with van der Waals surface area (Å²) in [6.07, 6.45) is 1.92. The lowest BCUT2D eigenvalue weighted by Gasteiger charge is -2.14. The Bertz CT molecular complexity index is 1290. The number of nitrogens with one attached hydrogen (secondary N) is 4. The number of fused-ring (bicyclic) bond motifs is 3. The van der Waals surface area contributed by atoms with E-state index in [1.807, 2.05) is 30.5 Å². The third kappa shape index (κ3) is 4.82. The van der Waals surface area contributed by atoms with Crippen molar-refractivity contribution in [3.63, 3.8) is 0 Å². The second-order valence-corrected chi connectivity index (χ2v) is 8.32. The number of rotatable bonds is 7. The number of benzene rings is 3. The summed E-state index contributed by atoms with van der Waals surface area (Å²) in [5, 5.41) is 21.4. The number of H-pyrrole nitrogens is 1. The van der Waals surface area contributed by atoms with Gasteiger partial charge in [0, 0.05) is 44.7 Å². The number of aromatic amines is 1. The lowest BCUT2D eigenvalue weighted by molar-refractivity contribution is 0.495. The molecule has 31 heavy (non-hydrogen) atoms. The van der Waals surface area contributed by atoms with Crippen LogP contribution in [0.15, 0.2) is 48.5 Å². The van der Waals surface area contributed by atoms with Crippen LogP contribution in [0.3, 0.4) is 0 Å². The highest BCUT2D eigenvalue weighted by molar-refractivity contribution is 6.42. The Hall–Kier alpha value is -2.66. The molecule has 0 bridgehead atoms. The Morgan fingerprint density at radius 3 is 2.58 bits per heavy atom. The van der Waals surface area contributed by atoms with Gasteiger partial charge in [-0.15, -0.1) is 0 Å². The SMILES string of the molecule is N#CNC(N)NCCc1cc(Nc2ccc(Cl)c(Cl)c2)cc2c1[nH]c1ccc(Cl)cc12. The van der Waals surface area contributed by atoms with Crippen LogP contribution in [0, 0.1) is 11.5 Å². The molecule has 0 aliphatic carbocycles. The number of anilines is 2. The first kappa shape index (κ1) is 21.6. The third-order valence-electron chi connectivity index (χ3n) is 4.94. The van der Waals surface area contributed by atoms with Crippen molar-refractivity contribution >= 4 is 68.0 Å². The standard InChI is InChI=1S/C22H19Cl3N6/c23-13-1-4-20-16(8-13)17-9-15(30-14-2-3-18(24)19(25)10-14)7-12(21(17)31-20)5-6-28-22(27)29-11-26/h1-4,7-10,22,28-31H,5-6,27H2. The third-order valence-corrected chi connectivity index (χ3v) is 5.91. The summed E-state index contributed by atoms with van der Waals surface area (Å²) in [5.74, 6) is 0. The van der Waals surface area contributed by atoms with E-state index in [2.05, 4.69) is 33.1 Å². The molecule has 6 N–H and O–H groups in total. The van der Waals surface area contributed by atoms with Crippen molar-refractivity contribution in [3.05, 3.63) is 69.2 Å². The predicted molar refractivity (Wildman–Crippen MR) is 129 cm³/mol. The molecule has 0 spiro atoms. The smallest absolute Gasteiger partial charge is 0.178 e. The molecular weight excluding hydrogens is 455 g/mol. The Labute approximate surface area is 194 Å². The zero-order chi connectivity index (χ0) is 22.0. The van der Waals surface area contributed by atoms with Crippen molar-refractivity contribution in [1.82, 2.24) is 15.6 Å². The van der Waals surface area contributed by atoms with E-state index < -0.39 is 6.29 Å². The van der Waals surface area contributed by atoms with Gasteiger partial charge in [0.1, 0.15) is 6.29 Å². The summed E-state index contributed by atoms with van der Waals surface area (Å²) in [4.78, 5) is 3.49.